The smallest absolute Gasteiger partial charge is 0.410 e. The number of nitrogens with zero attached hydrogens (tertiary/aromatic N) is 4. The number of benzene rings is 3. The quantitative estimate of drug-likeness (QED) is 0.171. The highest BCUT2D eigenvalue weighted by molar-refractivity contribution is 5.75. The van der Waals surface area contributed by atoms with Crippen molar-refractivity contribution < 1.29 is 28.2 Å². The Morgan fingerprint density at radius 1 is 0.542 bits per heavy atom. The van der Waals surface area contributed by atoms with E-state index in [0.29, 0.717) is 5.92 Å². The number of hydrogen-bond acceptors (Lipinski definition) is 8. The lowest BCUT2D eigenvalue weighted by Crippen LogP contribution is -2.47. The number of carbonyl (C=O) groups excluding carboxylic acids is 4. The highest BCUT2D eigenvalue weighted by Crippen LogP contribution is 2.54. The molecule has 0 radical (unpaired) electrons. The van der Waals surface area contributed by atoms with Gasteiger partial charge in [0.05, 0.1) is 24.2 Å². The van der Waals surface area contributed by atoms with E-state index in [0.717, 1.165) is 107 Å². The van der Waals surface area contributed by atoms with E-state index in [1.165, 1.54) is 137 Å². The lowest BCUT2D eigenvalue weighted by Gasteiger charge is -2.45. The van der Waals surface area contributed by atoms with E-state index in [9.17, 15) is 19.2 Å². The first-order chi connectivity index (χ1) is 40.1. The monoisotopic (exact) mass is 1140 g/mol. The van der Waals surface area contributed by atoms with Crippen LogP contribution < -0.4 is 16.0 Å². The van der Waals surface area contributed by atoms with Crippen molar-refractivity contribution in [3.63, 3.8) is 0 Å². The van der Waals surface area contributed by atoms with Gasteiger partial charge in [0, 0.05) is 73.5 Å². The first kappa shape index (κ1) is 59.7. The summed E-state index contributed by atoms with van der Waals surface area (Å²) in [6.07, 6.45) is 27.1. The number of rotatable bonds is 10. The van der Waals surface area contributed by atoms with Gasteiger partial charge in [-0.25, -0.2) is 4.79 Å². The lowest BCUT2D eigenvalue weighted by atomic mass is 9.73. The first-order valence-corrected chi connectivity index (χ1v) is 33.0. The molecule has 12 heteroatoms. The Balaban J connectivity index is 0.000000165. The van der Waals surface area contributed by atoms with Crippen molar-refractivity contribution in [1.29, 1.82) is 0 Å². The van der Waals surface area contributed by atoms with Crippen molar-refractivity contribution in [3.05, 3.63) is 118 Å². The average Bonchev–Trinajstić information content (AvgIpc) is 4.19. The highest BCUT2D eigenvalue weighted by Gasteiger charge is 2.49. The molecule has 4 aliphatic heterocycles. The van der Waals surface area contributed by atoms with Gasteiger partial charge < -0.3 is 40.3 Å². The van der Waals surface area contributed by atoms with Gasteiger partial charge in [-0.3, -0.25) is 14.4 Å². The van der Waals surface area contributed by atoms with Crippen molar-refractivity contribution in [2.75, 3.05) is 65.4 Å². The zero-order valence-corrected chi connectivity index (χ0v) is 51.5. The van der Waals surface area contributed by atoms with E-state index < -0.39 is 0 Å². The van der Waals surface area contributed by atoms with Crippen molar-refractivity contribution >= 4 is 23.8 Å². The normalized spacial score (nSPS) is 29.3. The van der Waals surface area contributed by atoms with Crippen LogP contribution in [0.2, 0.25) is 0 Å². The molecule has 1 unspecified atom stereocenters. The Bertz CT molecular complexity index is 2770. The van der Waals surface area contributed by atoms with E-state index >= 15 is 0 Å². The second kappa shape index (κ2) is 25.9. The summed E-state index contributed by atoms with van der Waals surface area (Å²) in [5, 5.41) is 9.58. The second-order valence-corrected chi connectivity index (χ2v) is 28.1. The summed E-state index contributed by atoms with van der Waals surface area (Å²) in [6.45, 7) is 22.1. The molecular formula is C71H107N7O5. The average molecular weight is 1140 g/mol. The fourth-order valence-electron chi connectivity index (χ4n) is 18.2. The summed E-state index contributed by atoms with van der Waals surface area (Å²) in [6, 6.07) is 27.7. The Morgan fingerprint density at radius 3 is 1.37 bits per heavy atom. The maximum Gasteiger partial charge on any atom is 0.410 e. The van der Waals surface area contributed by atoms with E-state index in [1.807, 2.05) is 18.7 Å². The summed E-state index contributed by atoms with van der Waals surface area (Å²) in [5.74, 6) is 4.48. The van der Waals surface area contributed by atoms with Crippen LogP contribution in [0.4, 0.5) is 4.79 Å². The van der Waals surface area contributed by atoms with Crippen LogP contribution in [0.3, 0.4) is 0 Å². The molecule has 13 rings (SSSR count). The van der Waals surface area contributed by atoms with Crippen LogP contribution in [0, 0.1) is 29.6 Å². The number of allylic oxidation sites excluding steroid dienone is 2. The fraction of sp³-hybridized carbons (Fsp3) is 0.662. The van der Waals surface area contributed by atoms with E-state index in [2.05, 4.69) is 123 Å². The number of hydrogen-bond donors (Lipinski definition) is 3. The summed E-state index contributed by atoms with van der Waals surface area (Å²) < 4.78 is 5.34. The molecule has 3 aromatic rings. The first-order valence-electron chi connectivity index (χ1n) is 33.0. The van der Waals surface area contributed by atoms with Crippen molar-refractivity contribution in [2.45, 2.75) is 204 Å². The summed E-state index contributed by atoms with van der Waals surface area (Å²) in [4.78, 5) is 57.1. The minimum absolute atomic E-state index is 0. The van der Waals surface area contributed by atoms with Crippen LogP contribution in [0.25, 0.3) is 0 Å². The number of likely N-dealkylation sites (tertiary alicyclic amines) is 4. The van der Waals surface area contributed by atoms with Gasteiger partial charge in [-0.15, -0.1) is 0 Å². The second-order valence-electron chi connectivity index (χ2n) is 28.1. The van der Waals surface area contributed by atoms with Gasteiger partial charge in [0.2, 0.25) is 17.7 Å². The molecule has 3 aromatic carbocycles. The Hall–Kier alpha value is -5.04. The van der Waals surface area contributed by atoms with Gasteiger partial charge in [0.15, 0.2) is 0 Å². The molecule has 6 fully saturated rings. The van der Waals surface area contributed by atoms with Crippen LogP contribution in [0.5, 0.6) is 0 Å². The molecule has 456 valence electrons. The van der Waals surface area contributed by atoms with Crippen molar-refractivity contribution in [2.24, 2.45) is 29.6 Å². The van der Waals surface area contributed by atoms with E-state index in [1.54, 1.807) is 20.8 Å². The zero-order chi connectivity index (χ0) is 57.9. The molecule has 2 bridgehead atoms. The minimum Gasteiger partial charge on any atom is -0.447 e. The molecule has 3 spiro atoms. The van der Waals surface area contributed by atoms with Gasteiger partial charge >= 0.3 is 6.09 Å². The van der Waals surface area contributed by atoms with Crippen LogP contribution in [0.15, 0.2) is 84.9 Å². The number of carbonyl (C=O) groups is 4. The maximum absolute atomic E-state index is 12.1. The highest BCUT2D eigenvalue weighted by atomic mass is 16.6. The van der Waals surface area contributed by atoms with E-state index in [4.69, 9.17) is 4.74 Å². The third kappa shape index (κ3) is 13.4. The number of amides is 4. The van der Waals surface area contributed by atoms with Gasteiger partial charge in [-0.05, 0) is 225 Å². The molecule has 10 aliphatic rings. The predicted octanol–water partition coefficient (Wildman–Crippen LogP) is 13.0. The zero-order valence-electron chi connectivity index (χ0n) is 51.5. The van der Waals surface area contributed by atoms with E-state index in [-0.39, 0.29) is 68.6 Å². The van der Waals surface area contributed by atoms with Crippen LogP contribution >= 0.6 is 0 Å². The molecule has 12 nitrogen and oxygen atoms in total. The standard InChI is InChI=1S/C25H37N3O3.C23H30N2O.C23H34N2O.3H2/c1-18(2)31-24(30)28-12-8-20(9-13-28)17-27-14-10-25(11-15-27)16-23(26-19(3)29)21-6-4-5-7-22(21)25;1-16(26)24-22-14-23(21-5-3-2-4-20(21)22)8-10-25(11-9-23)15-19-13-17-6-7-18(19)12-17;1-3-18-8-10-19(11-9-18)25-14-12-23(13-15-25)16-22(24-17(2)26)20-6-4-5-7-21(20)23;;;/h4-7,18,20,23H,8-17H2,1-3H3,(H,26,29);2-7,17-19,22H,8-15H2,1H3,(H,24,26);4-7,18-19,22H,3,8-16H2,1-2H3,(H,24,26);3*1H/t23-;17-,18-,19+,22?;18?,19?,22-;;;/m000.../s1. The molecule has 6 atom stereocenters. The largest absolute Gasteiger partial charge is 0.447 e. The summed E-state index contributed by atoms with van der Waals surface area (Å²) in [7, 11) is 0. The third-order valence-corrected chi connectivity index (χ3v) is 22.6. The van der Waals surface area contributed by atoms with Crippen LogP contribution in [-0.2, 0) is 35.4 Å². The molecule has 4 saturated heterocycles. The van der Waals surface area contributed by atoms with Gasteiger partial charge in [0.1, 0.15) is 0 Å². The molecule has 0 aromatic heterocycles. The third-order valence-electron chi connectivity index (χ3n) is 22.6. The number of piperidine rings is 4. The fourth-order valence-corrected chi connectivity index (χ4v) is 18.2. The maximum atomic E-state index is 12.1. The molecule has 4 heterocycles. The molecule has 6 aliphatic carbocycles. The summed E-state index contributed by atoms with van der Waals surface area (Å²) in [5.41, 5.74) is 9.24. The minimum atomic E-state index is -0.165. The molecular weight excluding hydrogens is 1030 g/mol. The topological polar surface area (TPSA) is 127 Å². The molecule has 4 amide bonds. The number of fused-ring (bicyclic) bond motifs is 8. The van der Waals surface area contributed by atoms with Gasteiger partial charge in [0.25, 0.3) is 0 Å². The van der Waals surface area contributed by atoms with Gasteiger partial charge in [-0.2, -0.15) is 0 Å². The Labute approximate surface area is 502 Å². The van der Waals surface area contributed by atoms with Crippen molar-refractivity contribution in [3.8, 4) is 0 Å². The predicted molar refractivity (Wildman–Crippen MR) is 337 cm³/mol. The lowest BCUT2D eigenvalue weighted by molar-refractivity contribution is -0.120. The summed E-state index contributed by atoms with van der Waals surface area (Å²) >= 11 is 0. The van der Waals surface area contributed by atoms with Crippen LogP contribution in [0.1, 0.15) is 213 Å². The Kier molecular flexibility index (Phi) is 18.6. The molecule has 3 N–H and O–H groups in total. The Morgan fingerprint density at radius 2 is 0.976 bits per heavy atom. The van der Waals surface area contributed by atoms with Crippen LogP contribution in [-0.4, -0.2) is 121 Å². The molecule has 2 saturated carbocycles. The number of nitrogens with one attached hydrogen (secondary N) is 3. The van der Waals surface area contributed by atoms with Gasteiger partial charge in [-0.1, -0.05) is 98.3 Å². The number of ether oxygens (including phenoxy) is 1. The molecule has 83 heavy (non-hydrogen) atoms. The SMILES string of the molecule is CC(=O)NC1CC2(CCN(C[C@H]3C[C@H]4C=C[C@H]3C4)CC2)c2ccccc21.CC(=O)N[C@H]1CC2(CCN(CC3CCN(C(=O)OC(C)C)CC3)CC2)c2ccccc21.CCC1CCC(N2CCC3(CC2)C[C@H](NC(C)=O)c2ccccc23)CC1.[HH].[HH].[HH]. The van der Waals surface area contributed by atoms with Crippen molar-refractivity contribution in [1.82, 2.24) is 35.6 Å².